The van der Waals surface area contributed by atoms with E-state index in [4.69, 9.17) is 5.73 Å². The van der Waals surface area contributed by atoms with Gasteiger partial charge in [-0.05, 0) is 30.7 Å². The highest BCUT2D eigenvalue weighted by atomic mass is 15.1. The number of hydrogen-bond donors (Lipinski definition) is 1. The van der Waals surface area contributed by atoms with Crippen LogP contribution in [0.2, 0.25) is 0 Å². The summed E-state index contributed by atoms with van der Waals surface area (Å²) in [6, 6.07) is 10.5. The van der Waals surface area contributed by atoms with Crippen LogP contribution in [0, 0.1) is 5.92 Å². The third-order valence-corrected chi connectivity index (χ3v) is 4.13. The van der Waals surface area contributed by atoms with Crippen LogP contribution in [0.4, 0.5) is 0 Å². The molecule has 1 saturated carbocycles. The Morgan fingerprint density at radius 2 is 2.05 bits per heavy atom. The predicted octanol–water partition coefficient (Wildman–Crippen LogP) is 3.32. The van der Waals surface area contributed by atoms with Crippen LogP contribution in [0.1, 0.15) is 43.0 Å². The van der Waals surface area contributed by atoms with Gasteiger partial charge in [0.1, 0.15) is 0 Å². The Hall–Kier alpha value is -1.61. The molecule has 0 amide bonds. The first-order valence-corrected chi connectivity index (χ1v) is 7.62. The zero-order chi connectivity index (χ0) is 13.8. The molecule has 1 atom stereocenters. The first-order chi connectivity index (χ1) is 9.83. The standard InChI is InChI=1S/C17H23N3/c18-16(11-15-5-2-1-3-6-15)17-12-19-13-20(17)10-4-7-14-8-9-14/h1-3,5-6,12-14,16H,4,7-11,18H2/t16-/m1/s1. The van der Waals surface area contributed by atoms with Crippen LogP contribution in [-0.2, 0) is 13.0 Å². The maximum Gasteiger partial charge on any atom is 0.0948 e. The average Bonchev–Trinajstić information content (AvgIpc) is 3.16. The summed E-state index contributed by atoms with van der Waals surface area (Å²) in [4.78, 5) is 4.28. The van der Waals surface area contributed by atoms with Crippen molar-refractivity contribution in [3.8, 4) is 0 Å². The highest BCUT2D eigenvalue weighted by molar-refractivity contribution is 5.18. The Kier molecular flexibility index (Phi) is 4.16. The van der Waals surface area contributed by atoms with E-state index in [0.717, 1.165) is 24.6 Å². The van der Waals surface area contributed by atoms with Gasteiger partial charge in [0.25, 0.3) is 0 Å². The highest BCUT2D eigenvalue weighted by Gasteiger charge is 2.20. The van der Waals surface area contributed by atoms with Crippen molar-refractivity contribution in [2.75, 3.05) is 0 Å². The van der Waals surface area contributed by atoms with Gasteiger partial charge in [0.15, 0.2) is 0 Å². The third-order valence-electron chi connectivity index (χ3n) is 4.13. The molecule has 0 bridgehead atoms. The number of aryl methyl sites for hydroxylation is 1. The molecule has 1 aromatic carbocycles. The number of nitrogens with zero attached hydrogens (tertiary/aromatic N) is 2. The van der Waals surface area contributed by atoms with Gasteiger partial charge in [-0.1, -0.05) is 43.2 Å². The van der Waals surface area contributed by atoms with Gasteiger partial charge in [-0.25, -0.2) is 4.98 Å². The molecule has 1 fully saturated rings. The van der Waals surface area contributed by atoms with E-state index in [0.29, 0.717) is 0 Å². The molecule has 1 heterocycles. The van der Waals surface area contributed by atoms with E-state index < -0.39 is 0 Å². The van der Waals surface area contributed by atoms with Crippen LogP contribution in [0.15, 0.2) is 42.9 Å². The molecule has 0 aliphatic heterocycles. The number of rotatable bonds is 7. The largest absolute Gasteiger partial charge is 0.333 e. The molecule has 0 saturated heterocycles. The van der Waals surface area contributed by atoms with Crippen molar-refractivity contribution >= 4 is 0 Å². The molecule has 1 aliphatic carbocycles. The predicted molar refractivity (Wildman–Crippen MR) is 81.3 cm³/mol. The fourth-order valence-electron chi connectivity index (χ4n) is 2.76. The van der Waals surface area contributed by atoms with Gasteiger partial charge >= 0.3 is 0 Å². The second-order valence-corrected chi connectivity index (χ2v) is 5.89. The van der Waals surface area contributed by atoms with E-state index in [2.05, 4.69) is 33.8 Å². The fourth-order valence-corrected chi connectivity index (χ4v) is 2.76. The van der Waals surface area contributed by atoms with Gasteiger partial charge < -0.3 is 10.3 Å². The molecule has 20 heavy (non-hydrogen) atoms. The number of benzene rings is 1. The summed E-state index contributed by atoms with van der Waals surface area (Å²) in [6.45, 7) is 1.05. The van der Waals surface area contributed by atoms with Crippen LogP contribution in [0.25, 0.3) is 0 Å². The van der Waals surface area contributed by atoms with Crippen molar-refractivity contribution < 1.29 is 0 Å². The van der Waals surface area contributed by atoms with E-state index in [1.165, 1.54) is 31.2 Å². The smallest absolute Gasteiger partial charge is 0.0948 e. The monoisotopic (exact) mass is 269 g/mol. The Morgan fingerprint density at radius 1 is 1.25 bits per heavy atom. The summed E-state index contributed by atoms with van der Waals surface area (Å²) in [7, 11) is 0. The molecular formula is C17H23N3. The summed E-state index contributed by atoms with van der Waals surface area (Å²) >= 11 is 0. The molecule has 2 aromatic rings. The maximum atomic E-state index is 6.36. The van der Waals surface area contributed by atoms with Crippen molar-refractivity contribution in [1.82, 2.24) is 9.55 Å². The molecule has 0 unspecified atom stereocenters. The summed E-state index contributed by atoms with van der Waals surface area (Å²) in [5.41, 5.74) is 8.80. The molecule has 3 rings (SSSR count). The van der Waals surface area contributed by atoms with E-state index in [1.54, 1.807) is 0 Å². The lowest BCUT2D eigenvalue weighted by Crippen LogP contribution is -2.17. The number of aromatic nitrogens is 2. The molecule has 3 heteroatoms. The summed E-state index contributed by atoms with van der Waals surface area (Å²) in [5.74, 6) is 1.000. The minimum absolute atomic E-state index is 0.0285. The molecule has 3 nitrogen and oxygen atoms in total. The molecule has 1 aromatic heterocycles. The summed E-state index contributed by atoms with van der Waals surface area (Å²) in [6.07, 6.45) is 10.2. The quantitative estimate of drug-likeness (QED) is 0.838. The Labute approximate surface area is 120 Å². The SMILES string of the molecule is N[C@H](Cc1ccccc1)c1cncn1CCCC1CC1. The van der Waals surface area contributed by atoms with E-state index in [-0.39, 0.29) is 6.04 Å². The molecule has 1 aliphatic rings. The van der Waals surface area contributed by atoms with Gasteiger partial charge in [0.05, 0.1) is 18.1 Å². The molecule has 2 N–H and O–H groups in total. The van der Waals surface area contributed by atoms with E-state index >= 15 is 0 Å². The summed E-state index contributed by atoms with van der Waals surface area (Å²) < 4.78 is 2.23. The fraction of sp³-hybridized carbons (Fsp3) is 0.471. The highest BCUT2D eigenvalue weighted by Crippen LogP contribution is 2.33. The molecule has 106 valence electrons. The second kappa shape index (κ2) is 6.23. The van der Waals surface area contributed by atoms with E-state index in [1.807, 2.05) is 18.6 Å². The van der Waals surface area contributed by atoms with Crippen molar-refractivity contribution in [1.29, 1.82) is 0 Å². The van der Waals surface area contributed by atoms with Crippen LogP contribution in [0.5, 0.6) is 0 Å². The van der Waals surface area contributed by atoms with Gasteiger partial charge in [0, 0.05) is 12.7 Å². The van der Waals surface area contributed by atoms with Crippen molar-refractivity contribution in [2.24, 2.45) is 11.7 Å². The van der Waals surface area contributed by atoms with Crippen LogP contribution in [0.3, 0.4) is 0 Å². The van der Waals surface area contributed by atoms with Crippen molar-refractivity contribution in [3.63, 3.8) is 0 Å². The lowest BCUT2D eigenvalue weighted by molar-refractivity contribution is 0.541. The lowest BCUT2D eigenvalue weighted by Gasteiger charge is -2.15. The van der Waals surface area contributed by atoms with Crippen molar-refractivity contribution in [3.05, 3.63) is 54.1 Å². The molecule has 0 radical (unpaired) electrons. The van der Waals surface area contributed by atoms with Crippen LogP contribution in [-0.4, -0.2) is 9.55 Å². The number of nitrogens with two attached hydrogens (primary N) is 1. The maximum absolute atomic E-state index is 6.36. The van der Waals surface area contributed by atoms with Crippen LogP contribution < -0.4 is 5.73 Å². The Morgan fingerprint density at radius 3 is 2.80 bits per heavy atom. The van der Waals surface area contributed by atoms with Gasteiger partial charge in [0.2, 0.25) is 0 Å². The minimum atomic E-state index is 0.0285. The average molecular weight is 269 g/mol. The minimum Gasteiger partial charge on any atom is -0.333 e. The van der Waals surface area contributed by atoms with E-state index in [9.17, 15) is 0 Å². The van der Waals surface area contributed by atoms with Crippen LogP contribution >= 0.6 is 0 Å². The second-order valence-electron chi connectivity index (χ2n) is 5.89. The topological polar surface area (TPSA) is 43.8 Å². The molecular weight excluding hydrogens is 246 g/mol. The zero-order valence-corrected chi connectivity index (χ0v) is 11.9. The number of hydrogen-bond acceptors (Lipinski definition) is 2. The van der Waals surface area contributed by atoms with Gasteiger partial charge in [-0.15, -0.1) is 0 Å². The van der Waals surface area contributed by atoms with Gasteiger partial charge in [-0.3, -0.25) is 0 Å². The zero-order valence-electron chi connectivity index (χ0n) is 11.9. The van der Waals surface area contributed by atoms with Crippen molar-refractivity contribution in [2.45, 2.75) is 44.7 Å². The number of imidazole rings is 1. The summed E-state index contributed by atoms with van der Waals surface area (Å²) in [5, 5.41) is 0. The Bertz CT molecular complexity index is 528. The third kappa shape index (κ3) is 3.48. The van der Waals surface area contributed by atoms with Gasteiger partial charge in [-0.2, -0.15) is 0 Å². The normalized spacial score (nSPS) is 16.2. The first-order valence-electron chi connectivity index (χ1n) is 7.62. The lowest BCUT2D eigenvalue weighted by atomic mass is 10.0. The first kappa shape index (κ1) is 13.4. The molecule has 0 spiro atoms. The Balaban J connectivity index is 1.59.